The van der Waals surface area contributed by atoms with E-state index in [2.05, 4.69) is 20.7 Å². The van der Waals surface area contributed by atoms with Gasteiger partial charge in [0.2, 0.25) is 5.95 Å². The van der Waals surface area contributed by atoms with E-state index >= 15 is 0 Å². The van der Waals surface area contributed by atoms with Gasteiger partial charge < -0.3 is 15.7 Å². The van der Waals surface area contributed by atoms with Crippen LogP contribution in [-0.2, 0) is 6.54 Å². The molecule has 0 aliphatic heterocycles. The quantitative estimate of drug-likeness (QED) is 0.260. The van der Waals surface area contributed by atoms with Crippen molar-refractivity contribution in [2.24, 2.45) is 0 Å². The first-order valence-electron chi connectivity index (χ1n) is 10.1. The molecule has 0 unspecified atom stereocenters. The lowest BCUT2D eigenvalue weighted by Gasteiger charge is -2.10. The summed E-state index contributed by atoms with van der Waals surface area (Å²) in [4.78, 5) is 26.5. The van der Waals surface area contributed by atoms with Crippen molar-refractivity contribution in [2.75, 3.05) is 10.6 Å². The predicted octanol–water partition coefficient (Wildman–Crippen LogP) is 4.13. The highest BCUT2D eigenvalue weighted by atomic mass is 16.3. The number of rotatable bonds is 7. The van der Waals surface area contributed by atoms with Crippen LogP contribution in [0.3, 0.4) is 0 Å². The summed E-state index contributed by atoms with van der Waals surface area (Å²) in [6.45, 7) is 3.91. The van der Waals surface area contributed by atoms with Crippen molar-refractivity contribution in [3.63, 3.8) is 0 Å². The van der Waals surface area contributed by atoms with Gasteiger partial charge in [0.1, 0.15) is 5.75 Å². The molecule has 0 saturated carbocycles. The standard InChI is InChI=1S/C24H23N5O3/c1-15-4-3-5-20(12-15)29-24(32)27-23(28-29)26-19-9-6-17(7-10-19)14-25-21-13-18(16(2)30)8-11-22(21)31/h3-13,25,31H,14H2,1-2H3,(H2,26,27,28,32). The van der Waals surface area contributed by atoms with Crippen LogP contribution in [0.25, 0.3) is 5.69 Å². The van der Waals surface area contributed by atoms with Gasteiger partial charge in [-0.2, -0.15) is 4.68 Å². The van der Waals surface area contributed by atoms with Gasteiger partial charge in [0, 0.05) is 17.8 Å². The van der Waals surface area contributed by atoms with Crippen molar-refractivity contribution in [3.8, 4) is 11.4 Å². The molecule has 0 saturated heterocycles. The lowest BCUT2D eigenvalue weighted by Crippen LogP contribution is -2.15. The number of carbonyl (C=O) groups excluding carboxylic acids is 1. The third-order valence-corrected chi connectivity index (χ3v) is 4.97. The molecule has 0 aliphatic carbocycles. The van der Waals surface area contributed by atoms with Gasteiger partial charge in [-0.05, 0) is 67.4 Å². The second-order valence-electron chi connectivity index (χ2n) is 7.49. The largest absolute Gasteiger partial charge is 0.506 e. The minimum atomic E-state index is -0.327. The van der Waals surface area contributed by atoms with Crippen molar-refractivity contribution in [2.45, 2.75) is 20.4 Å². The Balaban J connectivity index is 1.43. The zero-order valence-electron chi connectivity index (χ0n) is 17.7. The number of aryl methyl sites for hydroxylation is 1. The van der Waals surface area contributed by atoms with Gasteiger partial charge in [-0.1, -0.05) is 24.3 Å². The van der Waals surface area contributed by atoms with Crippen LogP contribution in [0.4, 0.5) is 17.3 Å². The summed E-state index contributed by atoms with van der Waals surface area (Å²) in [6.07, 6.45) is 0. The van der Waals surface area contributed by atoms with E-state index in [9.17, 15) is 14.7 Å². The van der Waals surface area contributed by atoms with Crippen LogP contribution in [0.2, 0.25) is 0 Å². The highest BCUT2D eigenvalue weighted by molar-refractivity contribution is 5.95. The molecule has 0 atom stereocenters. The van der Waals surface area contributed by atoms with E-state index in [0.717, 1.165) is 16.8 Å². The van der Waals surface area contributed by atoms with Crippen molar-refractivity contribution >= 4 is 23.1 Å². The molecule has 8 heteroatoms. The Hall–Kier alpha value is -4.33. The van der Waals surface area contributed by atoms with Gasteiger partial charge in [-0.25, -0.2) is 4.79 Å². The van der Waals surface area contributed by atoms with Crippen LogP contribution in [0.5, 0.6) is 5.75 Å². The molecular weight excluding hydrogens is 406 g/mol. The number of aromatic nitrogens is 3. The first kappa shape index (κ1) is 20.9. The van der Waals surface area contributed by atoms with Gasteiger partial charge in [-0.15, -0.1) is 5.10 Å². The molecule has 3 aromatic carbocycles. The maximum Gasteiger partial charge on any atom is 0.349 e. The van der Waals surface area contributed by atoms with Gasteiger partial charge >= 0.3 is 5.69 Å². The van der Waals surface area contributed by atoms with Crippen LogP contribution >= 0.6 is 0 Å². The van der Waals surface area contributed by atoms with Crippen LogP contribution < -0.4 is 16.3 Å². The first-order chi connectivity index (χ1) is 15.4. The minimum Gasteiger partial charge on any atom is -0.506 e. The van der Waals surface area contributed by atoms with Crippen molar-refractivity contribution in [3.05, 3.63) is 93.9 Å². The minimum absolute atomic E-state index is 0.0636. The van der Waals surface area contributed by atoms with Gasteiger partial charge in [0.15, 0.2) is 5.78 Å². The normalized spacial score (nSPS) is 10.7. The van der Waals surface area contributed by atoms with Crippen molar-refractivity contribution in [1.29, 1.82) is 0 Å². The second-order valence-corrected chi connectivity index (χ2v) is 7.49. The van der Waals surface area contributed by atoms with Crippen molar-refractivity contribution in [1.82, 2.24) is 14.8 Å². The molecule has 0 aliphatic rings. The lowest BCUT2D eigenvalue weighted by atomic mass is 10.1. The smallest absolute Gasteiger partial charge is 0.349 e. The number of benzene rings is 3. The molecule has 1 aromatic heterocycles. The summed E-state index contributed by atoms with van der Waals surface area (Å²) in [6, 6.07) is 19.8. The number of hydrogen-bond donors (Lipinski definition) is 4. The highest BCUT2D eigenvalue weighted by Gasteiger charge is 2.08. The van der Waals surface area contributed by atoms with E-state index in [1.54, 1.807) is 12.1 Å². The van der Waals surface area contributed by atoms with Crippen LogP contribution in [0, 0.1) is 6.92 Å². The monoisotopic (exact) mass is 429 g/mol. The molecule has 0 fully saturated rings. The van der Waals surface area contributed by atoms with Crippen LogP contribution in [0.1, 0.15) is 28.4 Å². The summed E-state index contributed by atoms with van der Waals surface area (Å²) in [5.41, 5.74) is 4.17. The van der Waals surface area contributed by atoms with E-state index in [1.165, 1.54) is 17.7 Å². The molecule has 4 aromatic rings. The highest BCUT2D eigenvalue weighted by Crippen LogP contribution is 2.25. The van der Waals surface area contributed by atoms with E-state index in [1.807, 2.05) is 55.5 Å². The number of Topliss-reactive ketones (excluding diaryl/α,β-unsaturated/α-hetero) is 1. The Morgan fingerprint density at radius 3 is 2.59 bits per heavy atom. The van der Waals surface area contributed by atoms with E-state index < -0.39 is 0 Å². The number of phenolic OH excluding ortho intramolecular Hbond substituents is 1. The Kier molecular flexibility index (Phi) is 5.76. The molecular formula is C24H23N5O3. The molecule has 8 nitrogen and oxygen atoms in total. The third-order valence-electron chi connectivity index (χ3n) is 4.97. The zero-order chi connectivity index (χ0) is 22.7. The average molecular weight is 429 g/mol. The van der Waals surface area contributed by atoms with E-state index in [4.69, 9.17) is 0 Å². The Labute approximate surface area is 184 Å². The van der Waals surface area contributed by atoms with Crippen LogP contribution in [-0.4, -0.2) is 25.7 Å². The second kappa shape index (κ2) is 8.81. The molecule has 0 amide bonds. The Morgan fingerprint density at radius 2 is 1.88 bits per heavy atom. The topological polar surface area (TPSA) is 112 Å². The number of phenols is 1. The number of ketones is 1. The number of anilines is 3. The SMILES string of the molecule is CC(=O)c1ccc(O)c(NCc2ccc(Nc3nn(-c4cccc(C)c4)c(=O)[nH]3)cc2)c1. The molecule has 1 heterocycles. The summed E-state index contributed by atoms with van der Waals surface area (Å²) < 4.78 is 1.31. The molecule has 32 heavy (non-hydrogen) atoms. The number of H-pyrrole nitrogens is 1. The predicted molar refractivity (Wildman–Crippen MR) is 124 cm³/mol. The number of aromatic hydroxyl groups is 1. The number of nitrogens with zero attached hydrogens (tertiary/aromatic N) is 2. The molecule has 0 bridgehead atoms. The molecule has 4 rings (SSSR count). The number of nitrogens with one attached hydrogen (secondary N) is 3. The van der Waals surface area contributed by atoms with Crippen molar-refractivity contribution < 1.29 is 9.90 Å². The molecule has 0 spiro atoms. The summed E-state index contributed by atoms with van der Waals surface area (Å²) in [7, 11) is 0. The lowest BCUT2D eigenvalue weighted by molar-refractivity contribution is 0.101. The number of hydrogen-bond acceptors (Lipinski definition) is 6. The fraction of sp³-hybridized carbons (Fsp3) is 0.125. The molecule has 4 N–H and O–H groups in total. The zero-order valence-corrected chi connectivity index (χ0v) is 17.7. The maximum absolute atomic E-state index is 12.3. The van der Waals surface area contributed by atoms with E-state index in [0.29, 0.717) is 29.4 Å². The number of carbonyl (C=O) groups is 1. The first-order valence-corrected chi connectivity index (χ1v) is 10.1. The Bertz CT molecular complexity index is 1320. The van der Waals surface area contributed by atoms with Gasteiger partial charge in [0.05, 0.1) is 11.4 Å². The summed E-state index contributed by atoms with van der Waals surface area (Å²) in [5, 5.41) is 20.6. The van der Waals surface area contributed by atoms with Crippen LogP contribution in [0.15, 0.2) is 71.5 Å². The maximum atomic E-state index is 12.3. The summed E-state index contributed by atoms with van der Waals surface area (Å²) in [5.74, 6) is 0.362. The molecule has 0 radical (unpaired) electrons. The number of aromatic amines is 1. The third kappa shape index (κ3) is 4.70. The fourth-order valence-electron chi connectivity index (χ4n) is 3.25. The Morgan fingerprint density at radius 1 is 1.09 bits per heavy atom. The van der Waals surface area contributed by atoms with Gasteiger partial charge in [0.25, 0.3) is 0 Å². The van der Waals surface area contributed by atoms with E-state index in [-0.39, 0.29) is 17.2 Å². The summed E-state index contributed by atoms with van der Waals surface area (Å²) >= 11 is 0. The molecule has 162 valence electrons. The average Bonchev–Trinajstić information content (AvgIpc) is 3.14. The fourth-order valence-corrected chi connectivity index (χ4v) is 3.25. The van der Waals surface area contributed by atoms with Gasteiger partial charge in [-0.3, -0.25) is 9.78 Å².